The summed E-state index contributed by atoms with van der Waals surface area (Å²) < 4.78 is 0. The van der Waals surface area contributed by atoms with Crippen molar-refractivity contribution in [2.45, 2.75) is 0 Å². The fraction of sp³-hybridized carbons (Fsp3) is 0. The molecule has 0 amide bonds. The van der Waals surface area contributed by atoms with Crippen molar-refractivity contribution in [3.05, 3.63) is 206 Å². The van der Waals surface area contributed by atoms with E-state index in [-0.39, 0.29) is 0 Å². The van der Waals surface area contributed by atoms with E-state index in [1.54, 1.807) is 0 Å². The highest BCUT2D eigenvalue weighted by Gasteiger charge is 2.18. The Hall–Kier alpha value is -7.16. The maximum Gasteiger partial charge on any atom is 0.160 e. The standard InChI is InChI=1S/C52H34N2/c1-3-13-35(14-4-1)41-17-11-19-43(33-41)37-25-29-39(30-26-37)50-49-47-23-9-7-21-45(47)46-22-8-10-24-48(46)51(49)54-52(53-50)40-31-27-38(28-32-40)44-20-12-18-42(34-44)36-15-5-2-6-16-36/h1-34H. The number of rotatable bonds is 6. The lowest BCUT2D eigenvalue weighted by atomic mass is 9.93. The van der Waals surface area contributed by atoms with E-state index in [2.05, 4.69) is 206 Å². The lowest BCUT2D eigenvalue weighted by Crippen LogP contribution is -1.97. The van der Waals surface area contributed by atoms with Gasteiger partial charge < -0.3 is 0 Å². The molecule has 10 rings (SSSR count). The van der Waals surface area contributed by atoms with Gasteiger partial charge in [-0.15, -0.1) is 0 Å². The molecule has 0 aliphatic rings. The van der Waals surface area contributed by atoms with Crippen LogP contribution in [0, 0.1) is 0 Å². The van der Waals surface area contributed by atoms with Crippen molar-refractivity contribution >= 4 is 32.4 Å². The third-order valence-corrected chi connectivity index (χ3v) is 10.5. The number of benzene rings is 9. The molecule has 0 bridgehead atoms. The molecule has 0 saturated carbocycles. The highest BCUT2D eigenvalue weighted by Crippen LogP contribution is 2.40. The molecule has 9 aromatic carbocycles. The summed E-state index contributed by atoms with van der Waals surface area (Å²) in [4.78, 5) is 10.8. The Morgan fingerprint density at radius 1 is 0.241 bits per heavy atom. The first-order chi connectivity index (χ1) is 26.8. The summed E-state index contributed by atoms with van der Waals surface area (Å²) in [6.45, 7) is 0. The smallest absolute Gasteiger partial charge is 0.160 e. The van der Waals surface area contributed by atoms with Gasteiger partial charge in [0.05, 0.1) is 11.2 Å². The van der Waals surface area contributed by atoms with Gasteiger partial charge in [-0.2, -0.15) is 0 Å². The van der Waals surface area contributed by atoms with Crippen LogP contribution in [0.15, 0.2) is 206 Å². The molecule has 2 heteroatoms. The van der Waals surface area contributed by atoms with Gasteiger partial charge in [-0.25, -0.2) is 9.97 Å². The molecule has 1 heterocycles. The predicted octanol–water partition coefficient (Wildman–Crippen LogP) is 13.9. The zero-order valence-corrected chi connectivity index (χ0v) is 29.5. The first-order valence-electron chi connectivity index (χ1n) is 18.4. The van der Waals surface area contributed by atoms with E-state index in [1.807, 2.05) is 0 Å². The number of hydrogen-bond donors (Lipinski definition) is 0. The lowest BCUT2D eigenvalue weighted by Gasteiger charge is -2.15. The maximum absolute atomic E-state index is 5.40. The van der Waals surface area contributed by atoms with Crippen LogP contribution >= 0.6 is 0 Å². The van der Waals surface area contributed by atoms with Gasteiger partial charge >= 0.3 is 0 Å². The minimum atomic E-state index is 0.710. The summed E-state index contributed by atoms with van der Waals surface area (Å²) in [6, 6.07) is 73.4. The molecule has 0 fully saturated rings. The monoisotopic (exact) mass is 686 g/mol. The number of fused-ring (bicyclic) bond motifs is 6. The molecule has 0 aliphatic heterocycles. The van der Waals surface area contributed by atoms with Crippen LogP contribution in [-0.2, 0) is 0 Å². The topological polar surface area (TPSA) is 25.8 Å². The molecule has 0 unspecified atom stereocenters. The average molecular weight is 687 g/mol. The van der Waals surface area contributed by atoms with Crippen molar-refractivity contribution in [1.82, 2.24) is 9.97 Å². The summed E-state index contributed by atoms with van der Waals surface area (Å²) in [7, 11) is 0. The molecule has 0 N–H and O–H groups in total. The summed E-state index contributed by atoms with van der Waals surface area (Å²) in [6.07, 6.45) is 0. The predicted molar refractivity (Wildman–Crippen MR) is 227 cm³/mol. The number of hydrogen-bond acceptors (Lipinski definition) is 2. The van der Waals surface area contributed by atoms with Crippen molar-refractivity contribution in [2.75, 3.05) is 0 Å². The van der Waals surface area contributed by atoms with Gasteiger partial charge in [0, 0.05) is 21.9 Å². The van der Waals surface area contributed by atoms with Crippen LogP contribution in [0.3, 0.4) is 0 Å². The van der Waals surface area contributed by atoms with E-state index in [1.165, 1.54) is 44.2 Å². The molecule has 0 spiro atoms. The minimum absolute atomic E-state index is 0.710. The summed E-state index contributed by atoms with van der Waals surface area (Å²) >= 11 is 0. The van der Waals surface area contributed by atoms with Crippen LogP contribution in [0.25, 0.3) is 99.6 Å². The zero-order valence-electron chi connectivity index (χ0n) is 29.5. The zero-order chi connectivity index (χ0) is 35.8. The van der Waals surface area contributed by atoms with E-state index in [9.17, 15) is 0 Å². The molecule has 0 saturated heterocycles. The Labute approximate surface area is 314 Å². The van der Waals surface area contributed by atoms with Crippen LogP contribution < -0.4 is 0 Å². The quantitative estimate of drug-likeness (QED) is 0.163. The Bertz CT molecular complexity index is 2950. The molecule has 2 nitrogen and oxygen atoms in total. The van der Waals surface area contributed by atoms with Gasteiger partial charge in [0.2, 0.25) is 0 Å². The Morgan fingerprint density at radius 3 is 1.13 bits per heavy atom. The van der Waals surface area contributed by atoms with Crippen molar-refractivity contribution in [3.63, 3.8) is 0 Å². The Morgan fingerprint density at radius 2 is 0.611 bits per heavy atom. The molecule has 1 aromatic heterocycles. The van der Waals surface area contributed by atoms with Crippen LogP contribution in [-0.4, -0.2) is 9.97 Å². The summed E-state index contributed by atoms with van der Waals surface area (Å²) in [5, 5.41) is 5.75. The van der Waals surface area contributed by atoms with E-state index in [0.29, 0.717) is 5.82 Å². The SMILES string of the molecule is c1ccc(-c2cccc(-c3ccc(-c4nc(-c5ccc(-c6cccc(-c7ccccc7)c6)cc5)c5c6ccccc6c6ccccc6c5n4)cc3)c2)cc1. The maximum atomic E-state index is 5.40. The van der Waals surface area contributed by atoms with Crippen molar-refractivity contribution in [3.8, 4) is 67.2 Å². The molecule has 0 aliphatic carbocycles. The molecule has 54 heavy (non-hydrogen) atoms. The first kappa shape index (κ1) is 31.6. The highest BCUT2D eigenvalue weighted by molar-refractivity contribution is 6.27. The largest absolute Gasteiger partial charge is 0.227 e. The van der Waals surface area contributed by atoms with Gasteiger partial charge in [-0.3, -0.25) is 0 Å². The van der Waals surface area contributed by atoms with E-state index >= 15 is 0 Å². The molecule has 252 valence electrons. The fourth-order valence-corrected chi connectivity index (χ4v) is 7.76. The van der Waals surface area contributed by atoms with Crippen LogP contribution in [0.5, 0.6) is 0 Å². The van der Waals surface area contributed by atoms with E-state index in [4.69, 9.17) is 9.97 Å². The Balaban J connectivity index is 1.11. The second-order valence-electron chi connectivity index (χ2n) is 13.8. The average Bonchev–Trinajstić information content (AvgIpc) is 3.27. The lowest BCUT2D eigenvalue weighted by molar-refractivity contribution is 1.24. The highest BCUT2D eigenvalue weighted by atomic mass is 14.9. The van der Waals surface area contributed by atoms with Crippen molar-refractivity contribution in [2.24, 2.45) is 0 Å². The second kappa shape index (κ2) is 13.4. The Kier molecular flexibility index (Phi) is 7.85. The van der Waals surface area contributed by atoms with Gasteiger partial charge in [-0.1, -0.05) is 194 Å². The van der Waals surface area contributed by atoms with Gasteiger partial charge in [0.15, 0.2) is 5.82 Å². The molecule has 10 aromatic rings. The molecule has 0 radical (unpaired) electrons. The third kappa shape index (κ3) is 5.71. The van der Waals surface area contributed by atoms with Crippen molar-refractivity contribution in [1.29, 1.82) is 0 Å². The van der Waals surface area contributed by atoms with Crippen LogP contribution in [0.4, 0.5) is 0 Å². The third-order valence-electron chi connectivity index (χ3n) is 10.5. The minimum Gasteiger partial charge on any atom is -0.227 e. The van der Waals surface area contributed by atoms with Crippen molar-refractivity contribution < 1.29 is 0 Å². The first-order valence-corrected chi connectivity index (χ1v) is 18.4. The van der Waals surface area contributed by atoms with Gasteiger partial charge in [-0.05, 0) is 72.8 Å². The fourth-order valence-electron chi connectivity index (χ4n) is 7.76. The van der Waals surface area contributed by atoms with Crippen LogP contribution in [0.1, 0.15) is 0 Å². The second-order valence-corrected chi connectivity index (χ2v) is 13.8. The molecule has 0 atom stereocenters. The number of aromatic nitrogens is 2. The number of nitrogens with zero attached hydrogens (tertiary/aromatic N) is 2. The van der Waals surface area contributed by atoms with Gasteiger partial charge in [0.1, 0.15) is 0 Å². The van der Waals surface area contributed by atoms with Crippen LogP contribution in [0.2, 0.25) is 0 Å². The normalized spacial score (nSPS) is 11.3. The molecular weight excluding hydrogens is 653 g/mol. The summed E-state index contributed by atoms with van der Waals surface area (Å²) in [5.41, 5.74) is 13.4. The molecular formula is C52H34N2. The van der Waals surface area contributed by atoms with E-state index < -0.39 is 0 Å². The summed E-state index contributed by atoms with van der Waals surface area (Å²) in [5.74, 6) is 0.710. The van der Waals surface area contributed by atoms with E-state index in [0.717, 1.165) is 49.6 Å². The van der Waals surface area contributed by atoms with Gasteiger partial charge in [0.25, 0.3) is 0 Å².